The highest BCUT2D eigenvalue weighted by molar-refractivity contribution is 6.01. The zero-order valence-electron chi connectivity index (χ0n) is 12.2. The van der Waals surface area contributed by atoms with E-state index < -0.39 is 11.8 Å². The molecule has 1 aromatic carbocycles. The summed E-state index contributed by atoms with van der Waals surface area (Å²) in [5, 5.41) is 3.96. The molecule has 0 fully saturated rings. The Hall–Kier alpha value is -2.23. The molecule has 0 N–H and O–H groups in total. The van der Waals surface area contributed by atoms with Crippen molar-refractivity contribution in [2.75, 3.05) is 0 Å². The topological polar surface area (TPSA) is 38.7 Å². The fraction of sp³-hybridized carbons (Fsp3) is 0.294. The van der Waals surface area contributed by atoms with Gasteiger partial charge in [-0.1, -0.05) is 23.4 Å². The number of halogens is 1. The minimum absolute atomic E-state index is 0.273. The van der Waals surface area contributed by atoms with Gasteiger partial charge in [-0.3, -0.25) is 0 Å². The van der Waals surface area contributed by atoms with Gasteiger partial charge < -0.3 is 4.84 Å². The lowest BCUT2D eigenvalue weighted by molar-refractivity contribution is 0.0515. The molecule has 110 valence electrons. The van der Waals surface area contributed by atoms with Crippen LogP contribution in [0.3, 0.4) is 0 Å². The maximum absolute atomic E-state index is 12.8. The summed E-state index contributed by atoms with van der Waals surface area (Å²) in [5.41, 5.74) is 3.13. The van der Waals surface area contributed by atoms with E-state index in [-0.39, 0.29) is 5.56 Å². The lowest BCUT2D eigenvalue weighted by Gasteiger charge is -2.21. The minimum atomic E-state index is -0.590. The normalized spacial score (nSPS) is 20.0. The highest BCUT2D eigenvalue weighted by Gasteiger charge is 2.19. The monoisotopic (exact) mass is 287 g/mol. The molecule has 0 bridgehead atoms. The zero-order chi connectivity index (χ0) is 15.4. The molecule has 1 aliphatic carbocycles. The first-order chi connectivity index (χ1) is 9.97. The van der Waals surface area contributed by atoms with Gasteiger partial charge in [0.2, 0.25) is 0 Å². The first-order valence-corrected chi connectivity index (χ1v) is 6.83. The van der Waals surface area contributed by atoms with Crippen LogP contribution >= 0.6 is 0 Å². The summed E-state index contributed by atoms with van der Waals surface area (Å²) in [6.07, 6.45) is 3.73. The van der Waals surface area contributed by atoms with E-state index in [1.165, 1.54) is 24.3 Å². The Balaban J connectivity index is 2.07. The van der Waals surface area contributed by atoms with E-state index in [1.807, 2.05) is 13.8 Å². The van der Waals surface area contributed by atoms with Crippen LogP contribution in [0.15, 0.2) is 53.2 Å². The second-order valence-corrected chi connectivity index (χ2v) is 5.29. The number of hydrogen-bond donors (Lipinski definition) is 0. The lowest BCUT2D eigenvalue weighted by atomic mass is 9.85. The number of allylic oxidation sites excluding steroid dienone is 3. The molecule has 1 aliphatic rings. The van der Waals surface area contributed by atoms with E-state index in [1.54, 1.807) is 0 Å². The largest absolute Gasteiger partial charge is 0.365 e. The molecule has 2 rings (SSSR count). The van der Waals surface area contributed by atoms with Crippen molar-refractivity contribution in [1.29, 1.82) is 0 Å². The third-order valence-corrected chi connectivity index (χ3v) is 3.62. The summed E-state index contributed by atoms with van der Waals surface area (Å²) in [5.74, 6) is -0.655. The van der Waals surface area contributed by atoms with Gasteiger partial charge in [0, 0.05) is 6.42 Å². The first kappa shape index (κ1) is 15.2. The van der Waals surface area contributed by atoms with Gasteiger partial charge in [0.1, 0.15) is 5.82 Å². The molecule has 21 heavy (non-hydrogen) atoms. The Morgan fingerprint density at radius 3 is 2.67 bits per heavy atom. The van der Waals surface area contributed by atoms with Crippen LogP contribution < -0.4 is 0 Å². The van der Waals surface area contributed by atoms with Gasteiger partial charge in [-0.25, -0.2) is 9.18 Å². The van der Waals surface area contributed by atoms with Crippen LogP contribution in [0.5, 0.6) is 0 Å². The molecule has 0 amide bonds. The Morgan fingerprint density at radius 1 is 1.38 bits per heavy atom. The summed E-state index contributed by atoms with van der Waals surface area (Å²) in [6, 6.07) is 5.18. The first-order valence-electron chi connectivity index (χ1n) is 6.83. The summed E-state index contributed by atoms with van der Waals surface area (Å²) in [7, 11) is 0. The quantitative estimate of drug-likeness (QED) is 0.473. The van der Waals surface area contributed by atoms with Gasteiger partial charge in [0.05, 0.1) is 11.3 Å². The molecule has 4 heteroatoms. The SMILES string of the molecule is C=C(C)C1CC=C(C)C(=NOC(=O)c2ccc(F)cc2)C1. The molecule has 0 heterocycles. The molecular weight excluding hydrogens is 269 g/mol. The van der Waals surface area contributed by atoms with E-state index >= 15 is 0 Å². The number of benzene rings is 1. The van der Waals surface area contributed by atoms with Crippen LogP contribution in [0.25, 0.3) is 0 Å². The minimum Gasteiger partial charge on any atom is -0.313 e. The van der Waals surface area contributed by atoms with Gasteiger partial charge in [0.25, 0.3) is 0 Å². The summed E-state index contributed by atoms with van der Waals surface area (Å²) < 4.78 is 12.8. The molecule has 0 saturated heterocycles. The van der Waals surface area contributed by atoms with E-state index in [0.29, 0.717) is 12.3 Å². The average Bonchev–Trinajstić information content (AvgIpc) is 2.46. The Morgan fingerprint density at radius 2 is 2.05 bits per heavy atom. The van der Waals surface area contributed by atoms with Gasteiger partial charge in [0.15, 0.2) is 0 Å². The predicted molar refractivity (Wildman–Crippen MR) is 80.5 cm³/mol. The van der Waals surface area contributed by atoms with Crippen molar-refractivity contribution in [2.45, 2.75) is 26.7 Å². The predicted octanol–water partition coefficient (Wildman–Crippen LogP) is 4.27. The molecular formula is C17H18FNO2. The van der Waals surface area contributed by atoms with Crippen LogP contribution in [0.2, 0.25) is 0 Å². The van der Waals surface area contributed by atoms with Crippen LogP contribution in [0.4, 0.5) is 4.39 Å². The van der Waals surface area contributed by atoms with E-state index in [4.69, 9.17) is 4.84 Å². The molecule has 0 aromatic heterocycles. The molecule has 0 spiro atoms. The highest BCUT2D eigenvalue weighted by Crippen LogP contribution is 2.26. The van der Waals surface area contributed by atoms with E-state index in [0.717, 1.165) is 23.3 Å². The lowest BCUT2D eigenvalue weighted by Crippen LogP contribution is -2.16. The molecule has 0 saturated carbocycles. The second-order valence-electron chi connectivity index (χ2n) is 5.29. The second kappa shape index (κ2) is 6.48. The van der Waals surface area contributed by atoms with Crippen molar-refractivity contribution in [2.24, 2.45) is 11.1 Å². The standard InChI is InChI=1S/C17H18FNO2/c1-11(2)14-5-4-12(3)16(10-14)19-21-17(20)13-6-8-15(18)9-7-13/h4,6-9,14H,1,5,10H2,2-3H3. The van der Waals surface area contributed by atoms with E-state index in [9.17, 15) is 9.18 Å². The van der Waals surface area contributed by atoms with Gasteiger partial charge in [-0.2, -0.15) is 0 Å². The Labute approximate surface area is 123 Å². The smallest absolute Gasteiger partial charge is 0.313 e. The number of rotatable bonds is 3. The molecule has 1 unspecified atom stereocenters. The van der Waals surface area contributed by atoms with Crippen molar-refractivity contribution in [1.82, 2.24) is 0 Å². The van der Waals surface area contributed by atoms with E-state index in [2.05, 4.69) is 17.8 Å². The maximum Gasteiger partial charge on any atom is 0.365 e. The van der Waals surface area contributed by atoms with Crippen LogP contribution in [-0.2, 0) is 4.84 Å². The van der Waals surface area contributed by atoms with Crippen molar-refractivity contribution >= 4 is 11.7 Å². The Kier molecular flexibility index (Phi) is 4.68. The third-order valence-electron chi connectivity index (χ3n) is 3.62. The van der Waals surface area contributed by atoms with Crippen LogP contribution in [0.1, 0.15) is 37.0 Å². The van der Waals surface area contributed by atoms with Crippen LogP contribution in [0, 0.1) is 11.7 Å². The van der Waals surface area contributed by atoms with Crippen molar-refractivity contribution in [3.8, 4) is 0 Å². The summed E-state index contributed by atoms with van der Waals surface area (Å²) in [4.78, 5) is 16.8. The van der Waals surface area contributed by atoms with Crippen LogP contribution in [-0.4, -0.2) is 11.7 Å². The molecule has 0 aliphatic heterocycles. The zero-order valence-corrected chi connectivity index (χ0v) is 12.2. The molecule has 3 nitrogen and oxygen atoms in total. The molecule has 1 aromatic rings. The number of carbonyl (C=O) groups is 1. The molecule has 1 atom stereocenters. The number of hydrogen-bond acceptors (Lipinski definition) is 3. The van der Waals surface area contributed by atoms with Crippen molar-refractivity contribution in [3.05, 3.63) is 59.4 Å². The summed E-state index contributed by atoms with van der Waals surface area (Å²) >= 11 is 0. The third kappa shape index (κ3) is 3.88. The molecule has 0 radical (unpaired) electrons. The maximum atomic E-state index is 12.8. The average molecular weight is 287 g/mol. The Bertz CT molecular complexity index is 614. The van der Waals surface area contributed by atoms with Crippen molar-refractivity contribution in [3.63, 3.8) is 0 Å². The van der Waals surface area contributed by atoms with Crippen molar-refractivity contribution < 1.29 is 14.0 Å². The van der Waals surface area contributed by atoms with Gasteiger partial charge in [-0.15, -0.1) is 0 Å². The van der Waals surface area contributed by atoms with Gasteiger partial charge >= 0.3 is 5.97 Å². The van der Waals surface area contributed by atoms with Gasteiger partial charge in [-0.05, 0) is 56.0 Å². The summed E-state index contributed by atoms with van der Waals surface area (Å²) in [6.45, 7) is 7.89. The number of nitrogens with zero attached hydrogens (tertiary/aromatic N) is 1. The fourth-order valence-electron chi connectivity index (χ4n) is 2.13. The fourth-order valence-corrected chi connectivity index (χ4v) is 2.13. The highest BCUT2D eigenvalue weighted by atomic mass is 19.1. The number of carbonyl (C=O) groups excluding carboxylic acids is 1. The number of oxime groups is 1.